The number of rotatable bonds is 5. The second-order valence-electron chi connectivity index (χ2n) is 7.25. The van der Waals surface area contributed by atoms with Crippen LogP contribution in [0.25, 0.3) is 0 Å². The van der Waals surface area contributed by atoms with Crippen LogP contribution in [-0.2, 0) is 4.79 Å². The predicted octanol–water partition coefficient (Wildman–Crippen LogP) is 2.41. The predicted molar refractivity (Wildman–Crippen MR) is 112 cm³/mol. The zero-order valence-corrected chi connectivity index (χ0v) is 17.1. The molecule has 0 aromatic heterocycles. The molecule has 0 atom stereocenters. The fourth-order valence-corrected chi connectivity index (χ4v) is 3.38. The lowest BCUT2D eigenvalue weighted by atomic mass is 10.1. The molecular formula is C22H27N3O4. The Bertz CT molecular complexity index is 905. The van der Waals surface area contributed by atoms with Crippen LogP contribution >= 0.6 is 0 Å². The Morgan fingerprint density at radius 1 is 1.10 bits per heavy atom. The summed E-state index contributed by atoms with van der Waals surface area (Å²) in [5.41, 5.74) is 3.29. The monoisotopic (exact) mass is 397 g/mol. The second-order valence-corrected chi connectivity index (χ2v) is 7.25. The van der Waals surface area contributed by atoms with Crippen LogP contribution in [-0.4, -0.2) is 66.6 Å². The van der Waals surface area contributed by atoms with E-state index in [9.17, 15) is 14.7 Å². The molecule has 0 saturated carbocycles. The highest BCUT2D eigenvalue weighted by atomic mass is 16.5. The zero-order valence-electron chi connectivity index (χ0n) is 17.1. The van der Waals surface area contributed by atoms with Gasteiger partial charge >= 0.3 is 0 Å². The van der Waals surface area contributed by atoms with Crippen molar-refractivity contribution in [1.82, 2.24) is 9.80 Å². The molecule has 1 fully saturated rings. The normalized spacial score (nSPS) is 14.5. The summed E-state index contributed by atoms with van der Waals surface area (Å²) in [5, 5.41) is 13.1. The molecule has 29 heavy (non-hydrogen) atoms. The summed E-state index contributed by atoms with van der Waals surface area (Å²) in [6, 6.07) is 10.5. The van der Waals surface area contributed by atoms with Crippen LogP contribution in [0.1, 0.15) is 21.5 Å². The molecule has 0 unspecified atom stereocenters. The van der Waals surface area contributed by atoms with Gasteiger partial charge in [0.1, 0.15) is 11.5 Å². The van der Waals surface area contributed by atoms with E-state index in [1.165, 1.54) is 13.2 Å². The first-order chi connectivity index (χ1) is 13.9. The summed E-state index contributed by atoms with van der Waals surface area (Å²) in [6.45, 7) is 6.49. The summed E-state index contributed by atoms with van der Waals surface area (Å²) >= 11 is 0. The zero-order chi connectivity index (χ0) is 21.0. The van der Waals surface area contributed by atoms with Gasteiger partial charge in [0.2, 0.25) is 5.91 Å². The number of hydrogen-bond acceptors (Lipinski definition) is 5. The van der Waals surface area contributed by atoms with Gasteiger partial charge in [-0.2, -0.15) is 0 Å². The van der Waals surface area contributed by atoms with Gasteiger partial charge in [0.05, 0.1) is 19.2 Å². The van der Waals surface area contributed by atoms with Crippen molar-refractivity contribution in [3.63, 3.8) is 0 Å². The van der Waals surface area contributed by atoms with Crippen LogP contribution in [0.15, 0.2) is 36.4 Å². The molecule has 2 N–H and O–H groups in total. The van der Waals surface area contributed by atoms with Gasteiger partial charge in [-0.3, -0.25) is 14.5 Å². The maximum atomic E-state index is 12.7. The number of aryl methyl sites for hydroxylation is 1. The third kappa shape index (κ3) is 4.86. The molecule has 1 heterocycles. The number of amides is 2. The molecule has 1 saturated heterocycles. The van der Waals surface area contributed by atoms with Crippen molar-refractivity contribution in [3.05, 3.63) is 53.1 Å². The van der Waals surface area contributed by atoms with Crippen LogP contribution in [0.2, 0.25) is 0 Å². The van der Waals surface area contributed by atoms with Crippen LogP contribution < -0.4 is 10.1 Å². The first-order valence-corrected chi connectivity index (χ1v) is 9.63. The Balaban J connectivity index is 1.53. The van der Waals surface area contributed by atoms with Crippen molar-refractivity contribution in [2.45, 2.75) is 13.8 Å². The fourth-order valence-electron chi connectivity index (χ4n) is 3.38. The average molecular weight is 397 g/mol. The lowest BCUT2D eigenvalue weighted by molar-refractivity contribution is -0.117. The highest BCUT2D eigenvalue weighted by Gasteiger charge is 2.25. The highest BCUT2D eigenvalue weighted by Crippen LogP contribution is 2.25. The molecule has 1 aliphatic rings. The molecule has 7 nitrogen and oxygen atoms in total. The van der Waals surface area contributed by atoms with E-state index in [-0.39, 0.29) is 29.7 Å². The standard InChI is InChI=1S/C22H27N3O4/c1-15-5-4-6-19(16(15)2)23-21(27)14-24-9-11-25(12-10-24)22(28)18-8-7-17(29-3)13-20(18)26/h4-8,13,26H,9-12,14H2,1-3H3,(H,23,27). The molecule has 7 heteroatoms. The molecule has 1 aliphatic heterocycles. The summed E-state index contributed by atoms with van der Waals surface area (Å²) in [4.78, 5) is 28.8. The summed E-state index contributed by atoms with van der Waals surface area (Å²) < 4.78 is 5.05. The SMILES string of the molecule is COc1ccc(C(=O)N2CCN(CC(=O)Nc3cccc(C)c3C)CC2)c(O)c1. The number of nitrogens with zero attached hydrogens (tertiary/aromatic N) is 2. The number of phenolic OH excluding ortho intramolecular Hbond substituents is 1. The minimum atomic E-state index is -0.218. The minimum Gasteiger partial charge on any atom is -0.507 e. The number of ether oxygens (including phenoxy) is 1. The number of carbonyl (C=O) groups is 2. The van der Waals surface area contributed by atoms with E-state index in [1.807, 2.05) is 36.9 Å². The molecule has 0 aliphatic carbocycles. The van der Waals surface area contributed by atoms with Crippen LogP contribution in [0.3, 0.4) is 0 Å². The van der Waals surface area contributed by atoms with Crippen molar-refractivity contribution in [2.24, 2.45) is 0 Å². The molecule has 2 aromatic rings. The smallest absolute Gasteiger partial charge is 0.257 e. The van der Waals surface area contributed by atoms with Gasteiger partial charge in [-0.1, -0.05) is 12.1 Å². The maximum absolute atomic E-state index is 12.7. The summed E-state index contributed by atoms with van der Waals surface area (Å²) in [5.74, 6) is 0.124. The lowest BCUT2D eigenvalue weighted by Gasteiger charge is -2.34. The summed E-state index contributed by atoms with van der Waals surface area (Å²) in [7, 11) is 1.51. The fraction of sp³-hybridized carbons (Fsp3) is 0.364. The number of anilines is 1. The van der Waals surface area contributed by atoms with Gasteiger partial charge in [-0.25, -0.2) is 0 Å². The second kappa shape index (κ2) is 8.96. The van der Waals surface area contributed by atoms with Gasteiger partial charge in [0, 0.05) is 37.9 Å². The van der Waals surface area contributed by atoms with E-state index in [2.05, 4.69) is 5.32 Å². The molecule has 2 aromatic carbocycles. The van der Waals surface area contributed by atoms with Crippen molar-refractivity contribution in [1.29, 1.82) is 0 Å². The number of benzene rings is 2. The van der Waals surface area contributed by atoms with Crippen LogP contribution in [0, 0.1) is 13.8 Å². The number of carbonyl (C=O) groups excluding carboxylic acids is 2. The van der Waals surface area contributed by atoms with Gasteiger partial charge in [0.15, 0.2) is 0 Å². The van der Waals surface area contributed by atoms with E-state index in [0.717, 1.165) is 16.8 Å². The Hall–Kier alpha value is -3.06. The van der Waals surface area contributed by atoms with E-state index >= 15 is 0 Å². The Morgan fingerprint density at radius 2 is 1.83 bits per heavy atom. The first-order valence-electron chi connectivity index (χ1n) is 9.63. The Labute approximate surface area is 170 Å². The molecule has 0 radical (unpaired) electrons. The number of methoxy groups -OCH3 is 1. The minimum absolute atomic E-state index is 0.0636. The maximum Gasteiger partial charge on any atom is 0.257 e. The third-order valence-corrected chi connectivity index (χ3v) is 5.34. The lowest BCUT2D eigenvalue weighted by Crippen LogP contribution is -2.50. The van der Waals surface area contributed by atoms with E-state index in [4.69, 9.17) is 4.74 Å². The van der Waals surface area contributed by atoms with Crippen molar-refractivity contribution < 1.29 is 19.4 Å². The topological polar surface area (TPSA) is 82.1 Å². The number of hydrogen-bond donors (Lipinski definition) is 2. The number of aromatic hydroxyl groups is 1. The Morgan fingerprint density at radius 3 is 2.48 bits per heavy atom. The van der Waals surface area contributed by atoms with E-state index in [1.54, 1.807) is 17.0 Å². The molecule has 2 amide bonds. The van der Waals surface area contributed by atoms with Crippen LogP contribution in [0.4, 0.5) is 5.69 Å². The number of piperazine rings is 1. The molecule has 3 rings (SSSR count). The molecule has 0 bridgehead atoms. The van der Waals surface area contributed by atoms with Gasteiger partial charge in [0.25, 0.3) is 5.91 Å². The number of phenols is 1. The summed E-state index contributed by atoms with van der Waals surface area (Å²) in [6.07, 6.45) is 0. The van der Waals surface area contributed by atoms with Crippen molar-refractivity contribution >= 4 is 17.5 Å². The van der Waals surface area contributed by atoms with Gasteiger partial charge in [-0.15, -0.1) is 0 Å². The quantitative estimate of drug-likeness (QED) is 0.810. The van der Waals surface area contributed by atoms with Gasteiger partial charge in [-0.05, 0) is 43.2 Å². The van der Waals surface area contributed by atoms with E-state index in [0.29, 0.717) is 31.9 Å². The van der Waals surface area contributed by atoms with Crippen LogP contribution in [0.5, 0.6) is 11.5 Å². The van der Waals surface area contributed by atoms with Crippen molar-refractivity contribution in [3.8, 4) is 11.5 Å². The first kappa shape index (κ1) is 20.7. The highest BCUT2D eigenvalue weighted by molar-refractivity contribution is 5.97. The van der Waals surface area contributed by atoms with Crippen molar-refractivity contribution in [2.75, 3.05) is 45.2 Å². The third-order valence-electron chi connectivity index (χ3n) is 5.34. The average Bonchev–Trinajstić information content (AvgIpc) is 2.71. The number of nitrogens with one attached hydrogen (secondary N) is 1. The Kier molecular flexibility index (Phi) is 6.39. The molecular weight excluding hydrogens is 370 g/mol. The van der Waals surface area contributed by atoms with Gasteiger partial charge < -0.3 is 20.1 Å². The molecule has 0 spiro atoms. The molecule has 154 valence electrons. The largest absolute Gasteiger partial charge is 0.507 e. The van der Waals surface area contributed by atoms with E-state index < -0.39 is 0 Å².